The molecule has 3 rings (SSSR count). The predicted molar refractivity (Wildman–Crippen MR) is 92.9 cm³/mol. The van der Waals surface area contributed by atoms with Gasteiger partial charge < -0.3 is 5.32 Å². The molecule has 1 amide bonds. The molecule has 0 aliphatic heterocycles. The van der Waals surface area contributed by atoms with E-state index in [2.05, 4.69) is 20.4 Å². The fourth-order valence-electron chi connectivity index (χ4n) is 2.11. The highest BCUT2D eigenvalue weighted by molar-refractivity contribution is 6.32. The van der Waals surface area contributed by atoms with Gasteiger partial charge in [0, 0.05) is 12.6 Å². The van der Waals surface area contributed by atoms with Crippen LogP contribution in [0.3, 0.4) is 0 Å². The molecule has 2 heterocycles. The molecule has 3 aromatic rings. The molecule has 0 fully saturated rings. The van der Waals surface area contributed by atoms with Gasteiger partial charge in [0.2, 0.25) is 5.82 Å². The number of pyridine rings is 1. The quantitative estimate of drug-likeness (QED) is 0.767. The first kappa shape index (κ1) is 16.4. The number of carbonyl (C=O) groups excluding carboxylic acids is 1. The van der Waals surface area contributed by atoms with Crippen molar-refractivity contribution in [2.45, 2.75) is 13.3 Å². The second-order valence-electron chi connectivity index (χ2n) is 4.88. The van der Waals surface area contributed by atoms with Crippen LogP contribution in [0.4, 0.5) is 5.82 Å². The summed E-state index contributed by atoms with van der Waals surface area (Å²) in [4.78, 5) is 20.6. The first-order chi connectivity index (χ1) is 11.6. The third-order valence-corrected chi connectivity index (χ3v) is 3.79. The molecule has 0 atom stereocenters. The van der Waals surface area contributed by atoms with Gasteiger partial charge in [-0.05, 0) is 24.3 Å². The van der Waals surface area contributed by atoms with Crippen LogP contribution in [0.25, 0.3) is 5.69 Å². The zero-order chi connectivity index (χ0) is 17.1. The lowest BCUT2D eigenvalue weighted by atomic mass is 10.3. The number of halogens is 2. The van der Waals surface area contributed by atoms with E-state index < -0.39 is 5.91 Å². The molecular formula is C16H13Cl2N5O. The van der Waals surface area contributed by atoms with Gasteiger partial charge in [-0.25, -0.2) is 14.6 Å². The number of amides is 1. The third-order valence-electron chi connectivity index (χ3n) is 3.24. The Bertz CT molecular complexity index is 876. The Morgan fingerprint density at radius 1 is 1.21 bits per heavy atom. The lowest BCUT2D eigenvalue weighted by molar-refractivity contribution is 0.101. The lowest BCUT2D eigenvalue weighted by Crippen LogP contribution is -2.15. The van der Waals surface area contributed by atoms with E-state index in [0.29, 0.717) is 33.8 Å². The number of carbonyl (C=O) groups is 1. The molecule has 0 unspecified atom stereocenters. The zero-order valence-electron chi connectivity index (χ0n) is 12.7. The van der Waals surface area contributed by atoms with Gasteiger partial charge in [-0.2, -0.15) is 0 Å². The molecule has 0 aliphatic carbocycles. The summed E-state index contributed by atoms with van der Waals surface area (Å²) in [6.45, 7) is 1.93. The van der Waals surface area contributed by atoms with E-state index in [4.69, 9.17) is 23.2 Å². The fourth-order valence-corrected chi connectivity index (χ4v) is 2.44. The monoisotopic (exact) mass is 361 g/mol. The van der Waals surface area contributed by atoms with Gasteiger partial charge in [0.25, 0.3) is 5.91 Å². The average molecular weight is 362 g/mol. The highest BCUT2D eigenvalue weighted by atomic mass is 35.5. The van der Waals surface area contributed by atoms with Gasteiger partial charge in [0.05, 0.1) is 15.7 Å². The number of nitrogens with zero attached hydrogens (tertiary/aromatic N) is 4. The smallest absolute Gasteiger partial charge is 0.296 e. The second kappa shape index (κ2) is 6.98. The average Bonchev–Trinajstić information content (AvgIpc) is 3.01. The zero-order valence-corrected chi connectivity index (χ0v) is 14.2. The minimum absolute atomic E-state index is 0.0449. The molecule has 8 heteroatoms. The third kappa shape index (κ3) is 3.39. The molecule has 2 aromatic heterocycles. The van der Waals surface area contributed by atoms with Gasteiger partial charge in [0.15, 0.2) is 0 Å². The molecule has 0 saturated carbocycles. The Hall–Kier alpha value is -2.44. The van der Waals surface area contributed by atoms with Crippen LogP contribution in [0, 0.1) is 0 Å². The number of benzene rings is 1. The summed E-state index contributed by atoms with van der Waals surface area (Å²) >= 11 is 12.0. The van der Waals surface area contributed by atoms with E-state index in [1.807, 2.05) is 25.1 Å². The maximum atomic E-state index is 12.3. The maximum absolute atomic E-state index is 12.3. The summed E-state index contributed by atoms with van der Waals surface area (Å²) in [7, 11) is 0. The van der Waals surface area contributed by atoms with E-state index in [0.717, 1.165) is 0 Å². The summed E-state index contributed by atoms with van der Waals surface area (Å²) in [6, 6.07) is 10.5. The van der Waals surface area contributed by atoms with E-state index in [1.165, 1.54) is 6.20 Å². The molecule has 1 aromatic carbocycles. The van der Waals surface area contributed by atoms with Gasteiger partial charge in [-0.3, -0.25) is 4.79 Å². The summed E-state index contributed by atoms with van der Waals surface area (Å²) in [5.74, 6) is 0.600. The van der Waals surface area contributed by atoms with Crippen LogP contribution in [0.15, 0.2) is 42.6 Å². The second-order valence-corrected chi connectivity index (χ2v) is 5.73. The highest BCUT2D eigenvalue weighted by Crippen LogP contribution is 2.21. The van der Waals surface area contributed by atoms with E-state index in [9.17, 15) is 4.79 Å². The van der Waals surface area contributed by atoms with Crippen molar-refractivity contribution < 1.29 is 4.79 Å². The van der Waals surface area contributed by atoms with Crippen molar-refractivity contribution in [1.29, 1.82) is 0 Å². The van der Waals surface area contributed by atoms with Crippen LogP contribution < -0.4 is 5.32 Å². The van der Waals surface area contributed by atoms with Crippen LogP contribution in [-0.4, -0.2) is 25.7 Å². The Balaban J connectivity index is 1.90. The van der Waals surface area contributed by atoms with Crippen molar-refractivity contribution in [3.05, 3.63) is 64.3 Å². The van der Waals surface area contributed by atoms with Crippen molar-refractivity contribution in [2.24, 2.45) is 0 Å². The number of hydrogen-bond donors (Lipinski definition) is 1. The molecule has 0 bridgehead atoms. The number of nitrogens with one attached hydrogen (secondary N) is 1. The van der Waals surface area contributed by atoms with Crippen molar-refractivity contribution in [3.8, 4) is 5.69 Å². The SMILES string of the molecule is CCc1nc(C(=O)Nc2ccc(Cl)cn2)nn1-c1ccccc1Cl. The summed E-state index contributed by atoms with van der Waals surface area (Å²) in [6.07, 6.45) is 2.05. The van der Waals surface area contributed by atoms with Gasteiger partial charge in [-0.15, -0.1) is 5.10 Å². The Morgan fingerprint density at radius 3 is 2.67 bits per heavy atom. The number of anilines is 1. The summed E-state index contributed by atoms with van der Waals surface area (Å²) in [5.41, 5.74) is 0.673. The van der Waals surface area contributed by atoms with Crippen molar-refractivity contribution in [2.75, 3.05) is 5.32 Å². The van der Waals surface area contributed by atoms with Crippen LogP contribution in [0.1, 0.15) is 23.4 Å². The van der Waals surface area contributed by atoms with E-state index in [1.54, 1.807) is 22.9 Å². The molecule has 0 saturated heterocycles. The molecule has 1 N–H and O–H groups in total. The van der Waals surface area contributed by atoms with Crippen molar-refractivity contribution in [3.63, 3.8) is 0 Å². The Morgan fingerprint density at radius 2 is 2.00 bits per heavy atom. The number of rotatable bonds is 4. The minimum Gasteiger partial charge on any atom is -0.304 e. The number of para-hydroxylation sites is 1. The van der Waals surface area contributed by atoms with Crippen molar-refractivity contribution >= 4 is 34.9 Å². The molecular weight excluding hydrogens is 349 g/mol. The maximum Gasteiger partial charge on any atom is 0.296 e. The molecule has 0 spiro atoms. The number of hydrogen-bond acceptors (Lipinski definition) is 4. The first-order valence-electron chi connectivity index (χ1n) is 7.22. The predicted octanol–water partition coefficient (Wildman–Crippen LogP) is 3.78. The van der Waals surface area contributed by atoms with E-state index in [-0.39, 0.29) is 5.82 Å². The normalized spacial score (nSPS) is 10.6. The van der Waals surface area contributed by atoms with Crippen LogP contribution in [0.5, 0.6) is 0 Å². The standard InChI is InChI=1S/C16H13Cl2N5O/c1-2-14-21-15(16(24)20-13-8-7-10(17)9-19-13)22-23(14)12-6-4-3-5-11(12)18/h3-9H,2H2,1H3,(H,19,20,24). The molecule has 0 radical (unpaired) electrons. The highest BCUT2D eigenvalue weighted by Gasteiger charge is 2.18. The Kier molecular flexibility index (Phi) is 4.78. The van der Waals surface area contributed by atoms with Gasteiger partial charge in [0.1, 0.15) is 11.6 Å². The van der Waals surface area contributed by atoms with Gasteiger partial charge >= 0.3 is 0 Å². The number of aromatic nitrogens is 4. The molecule has 6 nitrogen and oxygen atoms in total. The number of aryl methyl sites for hydroxylation is 1. The largest absolute Gasteiger partial charge is 0.304 e. The minimum atomic E-state index is -0.453. The topological polar surface area (TPSA) is 72.7 Å². The van der Waals surface area contributed by atoms with Crippen LogP contribution in [0.2, 0.25) is 10.0 Å². The van der Waals surface area contributed by atoms with Crippen LogP contribution in [-0.2, 0) is 6.42 Å². The molecule has 122 valence electrons. The molecule has 24 heavy (non-hydrogen) atoms. The van der Waals surface area contributed by atoms with E-state index >= 15 is 0 Å². The Labute approximate surface area is 148 Å². The van der Waals surface area contributed by atoms with Crippen molar-refractivity contribution in [1.82, 2.24) is 19.7 Å². The van der Waals surface area contributed by atoms with Gasteiger partial charge in [-0.1, -0.05) is 42.3 Å². The molecule has 0 aliphatic rings. The summed E-state index contributed by atoms with van der Waals surface area (Å²) < 4.78 is 1.58. The lowest BCUT2D eigenvalue weighted by Gasteiger charge is -2.05. The first-order valence-corrected chi connectivity index (χ1v) is 7.98. The van der Waals surface area contributed by atoms with Crippen LogP contribution >= 0.6 is 23.2 Å². The fraction of sp³-hybridized carbons (Fsp3) is 0.125. The summed E-state index contributed by atoms with van der Waals surface area (Å²) in [5, 5.41) is 7.94.